The number of carboxylic acids is 1. The molecule has 1 aliphatic rings. The minimum Gasteiger partial charge on any atom is -0.477 e. The summed E-state index contributed by atoms with van der Waals surface area (Å²) in [6.07, 6.45) is 3.14. The first-order chi connectivity index (χ1) is 9.95. The van der Waals surface area contributed by atoms with Crippen LogP contribution in [0.2, 0.25) is 0 Å². The van der Waals surface area contributed by atoms with E-state index in [2.05, 4.69) is 0 Å². The zero-order valence-electron chi connectivity index (χ0n) is 11.3. The summed E-state index contributed by atoms with van der Waals surface area (Å²) < 4.78 is 29.3. The number of aromatic carboxylic acids is 1. The second kappa shape index (κ2) is 4.65. The third-order valence-electron chi connectivity index (χ3n) is 3.83. The maximum atomic E-state index is 14.0. The summed E-state index contributed by atoms with van der Waals surface area (Å²) in [5.74, 6) is -3.46. The molecule has 1 aromatic carbocycles. The smallest absolute Gasteiger partial charge is 0.341 e. The number of aromatic nitrogens is 1. The predicted octanol–water partition coefficient (Wildman–Crippen LogP) is 2.88. The predicted molar refractivity (Wildman–Crippen MR) is 72.7 cm³/mol. The molecule has 3 rings (SSSR count). The van der Waals surface area contributed by atoms with Crippen molar-refractivity contribution in [3.63, 3.8) is 0 Å². The summed E-state index contributed by atoms with van der Waals surface area (Å²) in [5, 5.41) is 9.05. The number of carboxylic acid groups (broad SMARTS) is 1. The van der Waals surface area contributed by atoms with Gasteiger partial charge in [0.2, 0.25) is 5.43 Å². The number of hydrogen-bond donors (Lipinski definition) is 1. The number of pyridine rings is 1. The lowest BCUT2D eigenvalue weighted by molar-refractivity contribution is 0.0695. The van der Waals surface area contributed by atoms with Gasteiger partial charge in [-0.15, -0.1) is 0 Å². The van der Waals surface area contributed by atoms with Gasteiger partial charge >= 0.3 is 5.97 Å². The average Bonchev–Trinajstić information content (AvgIpc) is 3.26. The number of rotatable bonds is 3. The number of fused-ring (bicyclic) bond motifs is 1. The molecule has 0 radical (unpaired) electrons. The van der Waals surface area contributed by atoms with Crippen LogP contribution in [0.4, 0.5) is 8.78 Å². The molecule has 0 spiro atoms. The number of halogens is 2. The average molecular weight is 293 g/mol. The summed E-state index contributed by atoms with van der Waals surface area (Å²) in [6, 6.07) is 0.846. The maximum Gasteiger partial charge on any atom is 0.341 e. The van der Waals surface area contributed by atoms with Gasteiger partial charge in [-0.3, -0.25) is 4.79 Å². The molecule has 2 aromatic rings. The second-order valence-corrected chi connectivity index (χ2v) is 5.22. The van der Waals surface area contributed by atoms with Crippen LogP contribution in [0.3, 0.4) is 0 Å². The zero-order valence-corrected chi connectivity index (χ0v) is 11.3. The Balaban J connectivity index is 2.52. The molecule has 1 N–H and O–H groups in total. The minimum atomic E-state index is -1.36. The highest BCUT2D eigenvalue weighted by molar-refractivity contribution is 5.93. The summed E-state index contributed by atoms with van der Waals surface area (Å²) in [4.78, 5) is 23.4. The number of benzene rings is 1. The monoisotopic (exact) mass is 293 g/mol. The quantitative estimate of drug-likeness (QED) is 0.946. The Kier molecular flexibility index (Phi) is 3.04. The van der Waals surface area contributed by atoms with E-state index in [0.717, 1.165) is 18.9 Å². The van der Waals surface area contributed by atoms with Crippen LogP contribution < -0.4 is 5.43 Å². The SMILES string of the molecule is CCc1c(F)c(F)cc2c(=O)c(C(=O)O)cn(C3CC3)c12. The second-order valence-electron chi connectivity index (χ2n) is 5.22. The van der Waals surface area contributed by atoms with E-state index < -0.39 is 28.6 Å². The van der Waals surface area contributed by atoms with Crippen molar-refractivity contribution in [1.82, 2.24) is 4.57 Å². The fourth-order valence-electron chi connectivity index (χ4n) is 2.66. The van der Waals surface area contributed by atoms with Crippen molar-refractivity contribution in [1.29, 1.82) is 0 Å². The van der Waals surface area contributed by atoms with Gasteiger partial charge in [-0.05, 0) is 25.3 Å². The van der Waals surface area contributed by atoms with Gasteiger partial charge in [-0.25, -0.2) is 13.6 Å². The maximum absolute atomic E-state index is 14.0. The van der Waals surface area contributed by atoms with Crippen molar-refractivity contribution in [2.45, 2.75) is 32.2 Å². The van der Waals surface area contributed by atoms with E-state index in [1.807, 2.05) is 0 Å². The molecular formula is C15H13F2NO3. The van der Waals surface area contributed by atoms with E-state index >= 15 is 0 Å². The molecule has 1 aliphatic carbocycles. The Labute approximate surface area is 118 Å². The molecule has 21 heavy (non-hydrogen) atoms. The largest absolute Gasteiger partial charge is 0.477 e. The first-order valence-electron chi connectivity index (χ1n) is 6.74. The molecule has 1 saturated carbocycles. The molecule has 1 heterocycles. The normalized spacial score (nSPS) is 14.6. The Morgan fingerprint density at radius 1 is 1.43 bits per heavy atom. The van der Waals surface area contributed by atoms with Crippen LogP contribution >= 0.6 is 0 Å². The van der Waals surface area contributed by atoms with Crippen LogP contribution in [0.25, 0.3) is 10.9 Å². The third-order valence-corrected chi connectivity index (χ3v) is 3.83. The molecule has 1 aromatic heterocycles. The van der Waals surface area contributed by atoms with Crippen molar-refractivity contribution >= 4 is 16.9 Å². The Bertz CT molecular complexity index is 822. The Hall–Kier alpha value is -2.24. The first kappa shape index (κ1) is 13.7. The molecule has 1 fully saturated rings. The Morgan fingerprint density at radius 3 is 2.62 bits per heavy atom. The summed E-state index contributed by atoms with van der Waals surface area (Å²) in [5.41, 5.74) is -0.759. The Morgan fingerprint density at radius 2 is 2.10 bits per heavy atom. The molecule has 0 bridgehead atoms. The van der Waals surface area contributed by atoms with Gasteiger partial charge in [0.1, 0.15) is 5.56 Å². The zero-order chi connectivity index (χ0) is 15.3. The molecule has 0 saturated heterocycles. The van der Waals surface area contributed by atoms with Crippen molar-refractivity contribution in [2.24, 2.45) is 0 Å². The van der Waals surface area contributed by atoms with E-state index in [1.165, 1.54) is 6.20 Å². The molecule has 0 unspecified atom stereocenters. The van der Waals surface area contributed by atoms with Gasteiger partial charge < -0.3 is 9.67 Å². The van der Waals surface area contributed by atoms with E-state index in [0.29, 0.717) is 5.52 Å². The van der Waals surface area contributed by atoms with Crippen molar-refractivity contribution < 1.29 is 18.7 Å². The highest BCUT2D eigenvalue weighted by atomic mass is 19.2. The lowest BCUT2D eigenvalue weighted by atomic mass is 10.0. The van der Waals surface area contributed by atoms with Crippen LogP contribution in [-0.4, -0.2) is 15.6 Å². The highest BCUT2D eigenvalue weighted by Gasteiger charge is 2.29. The summed E-state index contributed by atoms with van der Waals surface area (Å²) in [6.45, 7) is 1.67. The van der Waals surface area contributed by atoms with Crippen LogP contribution in [0, 0.1) is 11.6 Å². The van der Waals surface area contributed by atoms with Crippen LogP contribution in [-0.2, 0) is 6.42 Å². The lowest BCUT2D eigenvalue weighted by Crippen LogP contribution is -2.20. The van der Waals surface area contributed by atoms with Crippen LogP contribution in [0.15, 0.2) is 17.1 Å². The van der Waals surface area contributed by atoms with E-state index in [1.54, 1.807) is 11.5 Å². The van der Waals surface area contributed by atoms with Crippen molar-refractivity contribution in [3.05, 3.63) is 45.2 Å². The first-order valence-corrected chi connectivity index (χ1v) is 6.74. The lowest BCUT2D eigenvalue weighted by Gasteiger charge is -2.15. The molecule has 0 atom stereocenters. The molecular weight excluding hydrogens is 280 g/mol. The molecule has 0 aliphatic heterocycles. The number of aryl methyl sites for hydroxylation is 1. The van der Waals surface area contributed by atoms with Gasteiger partial charge in [-0.1, -0.05) is 6.92 Å². The van der Waals surface area contributed by atoms with E-state index in [4.69, 9.17) is 5.11 Å². The third kappa shape index (κ3) is 2.02. The highest BCUT2D eigenvalue weighted by Crippen LogP contribution is 2.38. The van der Waals surface area contributed by atoms with Crippen LogP contribution in [0.5, 0.6) is 0 Å². The topological polar surface area (TPSA) is 59.3 Å². The van der Waals surface area contributed by atoms with Gasteiger partial charge in [-0.2, -0.15) is 0 Å². The summed E-state index contributed by atoms with van der Waals surface area (Å²) in [7, 11) is 0. The van der Waals surface area contributed by atoms with Crippen molar-refractivity contribution in [2.75, 3.05) is 0 Å². The number of hydrogen-bond acceptors (Lipinski definition) is 2. The number of nitrogens with zero attached hydrogens (tertiary/aromatic N) is 1. The number of carbonyl (C=O) groups is 1. The van der Waals surface area contributed by atoms with Gasteiger partial charge in [0.25, 0.3) is 0 Å². The van der Waals surface area contributed by atoms with Crippen molar-refractivity contribution in [3.8, 4) is 0 Å². The van der Waals surface area contributed by atoms with Gasteiger partial charge in [0.15, 0.2) is 11.6 Å². The molecule has 4 nitrogen and oxygen atoms in total. The van der Waals surface area contributed by atoms with Gasteiger partial charge in [0.05, 0.1) is 5.52 Å². The van der Waals surface area contributed by atoms with Gasteiger partial charge in [0, 0.05) is 23.2 Å². The fourth-order valence-corrected chi connectivity index (χ4v) is 2.66. The molecule has 0 amide bonds. The molecule has 6 heteroatoms. The minimum absolute atomic E-state index is 0.0429. The van der Waals surface area contributed by atoms with E-state index in [9.17, 15) is 18.4 Å². The standard InChI is InChI=1S/C15H13F2NO3/c1-2-8-12(17)11(16)5-9-13(8)18(7-3-4-7)6-10(14(9)19)15(20)21/h5-7H,2-4H2,1H3,(H,20,21). The fraction of sp³-hybridized carbons (Fsp3) is 0.333. The molecule has 110 valence electrons. The van der Waals surface area contributed by atoms with E-state index in [-0.39, 0.29) is 23.4 Å². The summed E-state index contributed by atoms with van der Waals surface area (Å²) >= 11 is 0. The van der Waals surface area contributed by atoms with Crippen LogP contribution in [0.1, 0.15) is 41.7 Å².